The van der Waals surface area contributed by atoms with Crippen LogP contribution in [0.2, 0.25) is 10.0 Å². The van der Waals surface area contributed by atoms with Gasteiger partial charge in [-0.2, -0.15) is 31.3 Å². The van der Waals surface area contributed by atoms with Gasteiger partial charge in [-0.25, -0.2) is 0 Å². The smallest absolute Gasteiger partial charge is 0.434 e. The predicted molar refractivity (Wildman–Crippen MR) is 60.3 cm³/mol. The average molecular weight is 343 g/mol. The van der Waals surface area contributed by atoms with Gasteiger partial charge in [0.2, 0.25) is 5.88 Å². The average Bonchev–Trinajstić information content (AvgIpc) is 2.24. The first-order valence-corrected chi connectivity index (χ1v) is 5.56. The van der Waals surface area contributed by atoms with Crippen LogP contribution in [-0.4, -0.2) is 30.5 Å². The lowest BCUT2D eigenvalue weighted by atomic mass is 10.3. The first-order chi connectivity index (χ1) is 8.96. The second-order valence-corrected chi connectivity index (χ2v) is 4.25. The molecular weight excluding hydrogens is 337 g/mol. The molecule has 0 radical (unpaired) electrons. The number of alkyl halides is 6. The maximum atomic E-state index is 12.3. The summed E-state index contributed by atoms with van der Waals surface area (Å²) in [5.41, 5.74) is 0. The van der Waals surface area contributed by atoms with Crippen LogP contribution in [0.25, 0.3) is 0 Å². The van der Waals surface area contributed by atoms with Gasteiger partial charge >= 0.3 is 12.4 Å². The van der Waals surface area contributed by atoms with Gasteiger partial charge in [-0.15, -0.1) is 0 Å². The van der Waals surface area contributed by atoms with Crippen LogP contribution in [0.5, 0.6) is 5.88 Å². The lowest BCUT2D eigenvalue weighted by Gasteiger charge is -2.23. The highest BCUT2D eigenvalue weighted by atomic mass is 35.5. The van der Waals surface area contributed by atoms with Gasteiger partial charge in [0.1, 0.15) is 10.8 Å². The Labute approximate surface area is 118 Å². The van der Waals surface area contributed by atoms with E-state index < -0.39 is 29.4 Å². The molecule has 114 valence electrons. The van der Waals surface area contributed by atoms with Gasteiger partial charge in [0.05, 0.1) is 5.02 Å². The van der Waals surface area contributed by atoms with Crippen LogP contribution in [0, 0.1) is 0 Å². The number of hydrogen-bond acceptors (Lipinski definition) is 3. The molecule has 0 atom stereocenters. The van der Waals surface area contributed by atoms with Gasteiger partial charge in [0.15, 0.2) is 0 Å². The molecule has 0 bridgehead atoms. The molecule has 0 saturated heterocycles. The highest BCUT2D eigenvalue weighted by Crippen LogP contribution is 2.39. The van der Waals surface area contributed by atoms with Crippen molar-refractivity contribution in [3.63, 3.8) is 0 Å². The van der Waals surface area contributed by atoms with Crippen LogP contribution in [-0.2, 0) is 0 Å². The van der Waals surface area contributed by atoms with E-state index in [0.29, 0.717) is 0 Å². The summed E-state index contributed by atoms with van der Waals surface area (Å²) in [5.74, 6) is -1.20. The Kier molecular flexibility index (Phi) is 4.86. The van der Waals surface area contributed by atoms with E-state index >= 15 is 0 Å². The molecule has 0 fully saturated rings. The van der Waals surface area contributed by atoms with Crippen LogP contribution in [0.3, 0.4) is 0 Å². The number of hydrogen-bond donors (Lipinski definition) is 1. The number of nitrogens with one attached hydrogen (secondary N) is 1. The van der Waals surface area contributed by atoms with E-state index in [0.717, 1.165) is 6.07 Å². The van der Waals surface area contributed by atoms with E-state index in [4.69, 9.17) is 23.2 Å². The highest BCUT2D eigenvalue weighted by molar-refractivity contribution is 6.36. The molecule has 3 nitrogen and oxygen atoms in total. The zero-order valence-electron chi connectivity index (χ0n) is 9.53. The fourth-order valence-electron chi connectivity index (χ4n) is 1.14. The van der Waals surface area contributed by atoms with Crippen molar-refractivity contribution in [1.82, 2.24) is 4.98 Å². The zero-order valence-corrected chi connectivity index (χ0v) is 11.0. The Balaban J connectivity index is 3.19. The van der Waals surface area contributed by atoms with Crippen molar-refractivity contribution in [3.05, 3.63) is 16.1 Å². The van der Waals surface area contributed by atoms with Gasteiger partial charge in [-0.05, 0) is 6.07 Å². The second kappa shape index (κ2) is 5.72. The van der Waals surface area contributed by atoms with Crippen molar-refractivity contribution in [3.8, 4) is 5.88 Å². The summed E-state index contributed by atoms with van der Waals surface area (Å²) in [4.78, 5) is 3.36. The van der Waals surface area contributed by atoms with Gasteiger partial charge in [0.25, 0.3) is 6.10 Å². The number of ether oxygens (including phenoxy) is 1. The van der Waals surface area contributed by atoms with Crippen LogP contribution in [0.1, 0.15) is 0 Å². The summed E-state index contributed by atoms with van der Waals surface area (Å²) in [6.45, 7) is 0. The van der Waals surface area contributed by atoms with Crippen LogP contribution < -0.4 is 10.1 Å². The Bertz CT molecular complexity index is 477. The normalized spacial score (nSPS) is 12.7. The molecular formula is C9H6Cl2F6N2O. The van der Waals surface area contributed by atoms with Crippen LogP contribution in [0.4, 0.5) is 32.2 Å². The monoisotopic (exact) mass is 342 g/mol. The minimum atomic E-state index is -5.66. The van der Waals surface area contributed by atoms with Gasteiger partial charge in [-0.3, -0.25) is 0 Å². The van der Waals surface area contributed by atoms with E-state index in [1.165, 1.54) is 7.05 Å². The molecule has 0 amide bonds. The SMILES string of the molecule is CNc1nc(OC(C(F)(F)F)C(F)(F)F)c(Cl)cc1Cl. The van der Waals surface area contributed by atoms with E-state index in [2.05, 4.69) is 15.0 Å². The molecule has 1 N–H and O–H groups in total. The molecule has 1 aromatic heterocycles. The fourth-order valence-corrected chi connectivity index (χ4v) is 1.64. The minimum absolute atomic E-state index is 0.0829. The fraction of sp³-hybridized carbons (Fsp3) is 0.444. The molecule has 0 saturated carbocycles. The van der Waals surface area contributed by atoms with Crippen molar-refractivity contribution in [2.45, 2.75) is 18.5 Å². The summed E-state index contributed by atoms with van der Waals surface area (Å²) in [7, 11) is 1.32. The molecule has 1 aromatic rings. The lowest BCUT2D eigenvalue weighted by Crippen LogP contribution is -2.46. The maximum absolute atomic E-state index is 12.3. The van der Waals surface area contributed by atoms with Gasteiger partial charge < -0.3 is 10.1 Å². The third-order valence-corrected chi connectivity index (χ3v) is 2.52. The van der Waals surface area contributed by atoms with E-state index in [1.54, 1.807) is 0 Å². The molecule has 0 aliphatic rings. The largest absolute Gasteiger partial charge is 0.454 e. The molecule has 0 aliphatic carbocycles. The first-order valence-electron chi connectivity index (χ1n) is 4.80. The Morgan fingerprint density at radius 3 is 2.00 bits per heavy atom. The predicted octanol–water partition coefficient (Wildman–Crippen LogP) is 4.30. The van der Waals surface area contributed by atoms with E-state index in [1.807, 2.05) is 0 Å². The molecule has 0 spiro atoms. The standard InChI is InChI=1S/C9H6Cl2F6N2O/c1-18-5-3(10)2-4(11)6(19-5)20-7(8(12,13)14)9(15,16)17/h2,7H,1H3,(H,18,19). The Morgan fingerprint density at radius 1 is 1.10 bits per heavy atom. The first kappa shape index (κ1) is 17.0. The van der Waals surface area contributed by atoms with Gasteiger partial charge in [-0.1, -0.05) is 23.2 Å². The summed E-state index contributed by atoms with van der Waals surface area (Å²) in [5, 5.41) is 1.71. The van der Waals surface area contributed by atoms with E-state index in [-0.39, 0.29) is 10.8 Å². The molecule has 20 heavy (non-hydrogen) atoms. The third-order valence-electron chi connectivity index (χ3n) is 1.96. The van der Waals surface area contributed by atoms with Crippen LogP contribution >= 0.6 is 23.2 Å². The molecule has 0 aromatic carbocycles. The molecule has 0 aliphatic heterocycles. The molecule has 1 rings (SSSR count). The lowest BCUT2D eigenvalue weighted by molar-refractivity contribution is -0.300. The summed E-state index contributed by atoms with van der Waals surface area (Å²) < 4.78 is 77.9. The number of pyridine rings is 1. The van der Waals surface area contributed by atoms with Crippen molar-refractivity contribution in [2.24, 2.45) is 0 Å². The molecule has 11 heteroatoms. The van der Waals surface area contributed by atoms with E-state index in [9.17, 15) is 26.3 Å². The maximum Gasteiger partial charge on any atom is 0.434 e. The van der Waals surface area contributed by atoms with Crippen molar-refractivity contribution in [1.29, 1.82) is 0 Å². The number of anilines is 1. The number of halogens is 8. The summed E-state index contributed by atoms with van der Waals surface area (Å²) in [6, 6.07) is 0.918. The van der Waals surface area contributed by atoms with Crippen LogP contribution in [0.15, 0.2) is 6.07 Å². The number of aromatic nitrogens is 1. The topological polar surface area (TPSA) is 34.2 Å². The van der Waals surface area contributed by atoms with Crippen molar-refractivity contribution in [2.75, 3.05) is 12.4 Å². The van der Waals surface area contributed by atoms with Crippen molar-refractivity contribution < 1.29 is 31.1 Å². The number of rotatable bonds is 3. The minimum Gasteiger partial charge on any atom is -0.454 e. The van der Waals surface area contributed by atoms with Gasteiger partial charge in [0, 0.05) is 7.05 Å². The highest BCUT2D eigenvalue weighted by Gasteiger charge is 2.59. The quantitative estimate of drug-likeness (QED) is 0.831. The summed E-state index contributed by atoms with van der Waals surface area (Å²) in [6.07, 6.45) is -15.4. The second-order valence-electron chi connectivity index (χ2n) is 3.44. The van der Waals surface area contributed by atoms with Crippen molar-refractivity contribution >= 4 is 29.0 Å². The Morgan fingerprint density at radius 2 is 1.60 bits per heavy atom. The Hall–Kier alpha value is -1.09. The molecule has 0 unspecified atom stereocenters. The molecule has 1 heterocycles. The third kappa shape index (κ3) is 3.95. The summed E-state index contributed by atoms with van der Waals surface area (Å²) >= 11 is 11.1. The zero-order chi connectivity index (χ0) is 15.7. The number of nitrogens with zero attached hydrogens (tertiary/aromatic N) is 1.